The van der Waals surface area contributed by atoms with Gasteiger partial charge in [0.1, 0.15) is 35.8 Å². The Balaban J connectivity index is 1.74. The van der Waals surface area contributed by atoms with Crippen molar-refractivity contribution in [2.24, 2.45) is 15.9 Å². The number of β-lactam (4-membered cyclic amide) rings is 1. The van der Waals surface area contributed by atoms with Crippen molar-refractivity contribution in [1.29, 1.82) is 5.41 Å². The molecule has 7 N–H and O–H groups in total. The first-order valence-corrected chi connectivity index (χ1v) is 12.7. The zero-order valence-electron chi connectivity index (χ0n) is 18.9. The number of halogens is 1. The third kappa shape index (κ3) is 5.85. The minimum Gasteiger partial charge on any atom is -0.477 e. The Morgan fingerprint density at radius 3 is 2.81 bits per heavy atom. The lowest BCUT2D eigenvalue weighted by atomic mass is 10.0. The van der Waals surface area contributed by atoms with Gasteiger partial charge >= 0.3 is 5.97 Å². The molecule has 36 heavy (non-hydrogen) atoms. The number of carbonyl (C=O) groups is 3. The highest BCUT2D eigenvalue weighted by Crippen LogP contribution is 2.43. The van der Waals surface area contributed by atoms with E-state index in [1.807, 2.05) is 0 Å². The maximum Gasteiger partial charge on any atom is 0.353 e. The number of carbonyl (C=O) groups excluding carboxylic acids is 2. The number of carboxylic acids is 1. The maximum absolute atomic E-state index is 14.1. The maximum atomic E-state index is 14.1. The number of fused-ring (bicyclic) bond motifs is 1. The van der Waals surface area contributed by atoms with Crippen LogP contribution in [0.15, 0.2) is 32.4 Å². The molecule has 1 aromatic heterocycles. The molecular weight excluding hydrogens is 535 g/mol. The smallest absolute Gasteiger partial charge is 0.353 e. The van der Waals surface area contributed by atoms with Crippen molar-refractivity contribution in [2.45, 2.75) is 24.8 Å². The van der Waals surface area contributed by atoms with Crippen LogP contribution in [0.4, 0.5) is 9.52 Å². The van der Waals surface area contributed by atoms with E-state index in [1.165, 1.54) is 23.4 Å². The van der Waals surface area contributed by atoms with Gasteiger partial charge in [0.25, 0.3) is 11.8 Å². The minimum atomic E-state index is -1.31. The predicted molar refractivity (Wildman–Crippen MR) is 136 cm³/mol. The van der Waals surface area contributed by atoms with Crippen molar-refractivity contribution in [2.75, 3.05) is 18.6 Å². The number of aromatic nitrogens is 1. The fraction of sp³-hybridized carbons (Fsp3) is 0.316. The van der Waals surface area contributed by atoms with Crippen LogP contribution in [0, 0.1) is 10.5 Å². The van der Waals surface area contributed by atoms with E-state index < -0.39 is 45.7 Å². The molecule has 0 spiro atoms. The molecule has 0 radical (unpaired) electrons. The summed E-state index contributed by atoms with van der Waals surface area (Å²) in [7, 11) is 1.15. The summed E-state index contributed by atoms with van der Waals surface area (Å²) in [6.07, 6.45) is 1.60. The summed E-state index contributed by atoms with van der Waals surface area (Å²) < 4.78 is 14.1. The molecule has 0 aliphatic carbocycles. The molecule has 3 heterocycles. The topological polar surface area (TPSA) is 209 Å². The molecule has 0 bridgehead atoms. The summed E-state index contributed by atoms with van der Waals surface area (Å²) >= 11 is 2.83. The first-order valence-electron chi connectivity index (χ1n) is 9.98. The number of thioether (sulfide) groups is 2. The quantitative estimate of drug-likeness (QED) is 0.119. The van der Waals surface area contributed by atoms with Crippen LogP contribution in [0.5, 0.6) is 0 Å². The molecule has 2 amide bonds. The van der Waals surface area contributed by atoms with Crippen molar-refractivity contribution in [3.63, 3.8) is 0 Å². The van der Waals surface area contributed by atoms with E-state index in [2.05, 4.69) is 25.3 Å². The Hall–Kier alpha value is -3.44. The van der Waals surface area contributed by atoms with Gasteiger partial charge in [-0.05, 0) is 12.3 Å². The Morgan fingerprint density at radius 2 is 2.22 bits per heavy atom. The van der Waals surface area contributed by atoms with Crippen LogP contribution in [0.3, 0.4) is 0 Å². The Morgan fingerprint density at radius 1 is 1.50 bits per heavy atom. The zero-order chi connectivity index (χ0) is 26.6. The molecular formula is C19H21FN8O5S3. The molecule has 1 unspecified atom stereocenters. The molecule has 2 aliphatic rings. The number of thiazole rings is 1. The van der Waals surface area contributed by atoms with E-state index in [1.54, 1.807) is 6.92 Å². The molecule has 0 saturated carbocycles. The number of amides is 2. The fourth-order valence-corrected chi connectivity index (χ4v) is 6.01. The molecule has 0 aromatic carbocycles. The van der Waals surface area contributed by atoms with E-state index in [0.717, 1.165) is 23.8 Å². The summed E-state index contributed by atoms with van der Waals surface area (Å²) in [6, 6.07) is -1.08. The number of hydrogen-bond donors (Lipinski definition) is 5. The van der Waals surface area contributed by atoms with Crippen molar-refractivity contribution in [3.8, 4) is 0 Å². The molecule has 3 rings (SSSR count). The number of oxime groups is 1. The Bertz CT molecular complexity index is 1230. The average molecular weight is 557 g/mol. The lowest BCUT2D eigenvalue weighted by Gasteiger charge is -2.49. The highest BCUT2D eigenvalue weighted by Gasteiger charge is 2.54. The van der Waals surface area contributed by atoms with Gasteiger partial charge in [0.15, 0.2) is 10.8 Å². The van der Waals surface area contributed by atoms with Gasteiger partial charge in [0.05, 0.1) is 0 Å². The monoisotopic (exact) mass is 556 g/mol. The molecule has 2 atom stereocenters. The van der Waals surface area contributed by atoms with Crippen molar-refractivity contribution >= 4 is 75.0 Å². The summed E-state index contributed by atoms with van der Waals surface area (Å²) in [5.74, 6) is -2.42. The van der Waals surface area contributed by atoms with Gasteiger partial charge in [0, 0.05) is 29.0 Å². The van der Waals surface area contributed by atoms with Gasteiger partial charge in [0.2, 0.25) is 5.13 Å². The van der Waals surface area contributed by atoms with Gasteiger partial charge in [-0.1, -0.05) is 28.3 Å². The normalized spacial score (nSPS) is 20.3. The van der Waals surface area contributed by atoms with Gasteiger partial charge in [-0.25, -0.2) is 14.8 Å². The van der Waals surface area contributed by atoms with Crippen molar-refractivity contribution in [3.05, 3.63) is 33.0 Å². The van der Waals surface area contributed by atoms with Crippen LogP contribution < -0.4 is 16.8 Å². The summed E-state index contributed by atoms with van der Waals surface area (Å²) in [4.78, 5) is 51.4. The Kier molecular flexibility index (Phi) is 8.70. The number of nitrogen functional groups attached to an aromatic ring is 1. The zero-order valence-corrected chi connectivity index (χ0v) is 21.3. The second-order valence-electron chi connectivity index (χ2n) is 7.22. The van der Waals surface area contributed by atoms with Gasteiger partial charge in [-0.3, -0.25) is 14.5 Å². The number of aliphatic carboxylic acids is 1. The van der Waals surface area contributed by atoms with Gasteiger partial charge in [-0.2, -0.15) is 4.39 Å². The summed E-state index contributed by atoms with van der Waals surface area (Å²) in [5.41, 5.74) is 10.4. The number of nitrogens with one attached hydrogen (secondary N) is 2. The van der Waals surface area contributed by atoms with E-state index in [0.29, 0.717) is 22.0 Å². The van der Waals surface area contributed by atoms with E-state index in [-0.39, 0.29) is 28.8 Å². The second kappa shape index (κ2) is 11.5. The van der Waals surface area contributed by atoms with E-state index >= 15 is 0 Å². The van der Waals surface area contributed by atoms with Crippen LogP contribution in [0.25, 0.3) is 0 Å². The molecule has 2 aliphatic heterocycles. The van der Waals surface area contributed by atoms with Crippen molar-refractivity contribution < 1.29 is 28.7 Å². The van der Waals surface area contributed by atoms with E-state index in [9.17, 15) is 23.9 Å². The number of aliphatic imine (C=N–C) groups is 1. The number of carboxylic acid groups (broad SMARTS) is 1. The number of amidine groups is 1. The van der Waals surface area contributed by atoms with Crippen LogP contribution in [0.1, 0.15) is 19.0 Å². The van der Waals surface area contributed by atoms with Gasteiger partial charge < -0.3 is 32.1 Å². The number of rotatable bonds is 10. The highest BCUT2D eigenvalue weighted by molar-refractivity contribution is 8.08. The first-order chi connectivity index (χ1) is 17.0. The molecule has 1 saturated heterocycles. The first kappa shape index (κ1) is 27.2. The standard InChI is InChI=1S/C19H21FN8O5S3/c1-7(21)5-9(22)24-3-4-34-8-6-35-17-12(16(30)28(17)13(8)18(31)32)25-15(29)11(27-33-2)10-14(20)36-19(23)26-10/h3-4,12,17,21H,5-6H2,1-2H3,(H2,22,24)(H2,23,26)(H,25,29)(H,31,32)/b4-3-,21-7?,27-11-/t12?,17-/m1/s1. The Labute approximate surface area is 216 Å². The average Bonchev–Trinajstić information content (AvgIpc) is 3.14. The second-order valence-corrected chi connectivity index (χ2v) is 10.3. The third-order valence-electron chi connectivity index (χ3n) is 4.60. The molecule has 13 nitrogen and oxygen atoms in total. The summed E-state index contributed by atoms with van der Waals surface area (Å²) in [5, 5.41) is 23.0. The molecule has 192 valence electrons. The lowest BCUT2D eigenvalue weighted by Crippen LogP contribution is -2.71. The SMILES string of the molecule is CO/N=C(\C(=O)NC1C(=O)N2C(C(=O)O)=C(S/C=C\N=C(N)CC(C)=N)CS[C@H]12)c1nc(N)sc1F. The summed E-state index contributed by atoms with van der Waals surface area (Å²) in [6.45, 7) is 1.60. The number of nitrogens with two attached hydrogens (primary N) is 2. The minimum absolute atomic E-state index is 0.124. The van der Waals surface area contributed by atoms with Crippen LogP contribution in [-0.4, -0.2) is 74.3 Å². The molecule has 1 fully saturated rings. The lowest BCUT2D eigenvalue weighted by molar-refractivity contribution is -0.150. The van der Waals surface area contributed by atoms with Crippen molar-refractivity contribution in [1.82, 2.24) is 15.2 Å². The third-order valence-corrected chi connectivity index (χ3v) is 7.62. The fourth-order valence-electron chi connectivity index (χ4n) is 3.19. The number of anilines is 1. The van der Waals surface area contributed by atoms with Gasteiger partial charge in [-0.15, -0.1) is 11.8 Å². The predicted octanol–water partition coefficient (Wildman–Crippen LogP) is 0.902. The largest absolute Gasteiger partial charge is 0.477 e. The molecule has 1 aromatic rings. The number of hydrogen-bond acceptors (Lipinski definition) is 12. The van der Waals surface area contributed by atoms with Crippen LogP contribution in [-0.2, 0) is 19.2 Å². The number of nitrogens with zero attached hydrogens (tertiary/aromatic N) is 4. The van der Waals surface area contributed by atoms with Crippen LogP contribution in [0.2, 0.25) is 0 Å². The van der Waals surface area contributed by atoms with E-state index in [4.69, 9.17) is 16.9 Å². The van der Waals surface area contributed by atoms with Crippen LogP contribution >= 0.6 is 34.9 Å². The highest BCUT2D eigenvalue weighted by atomic mass is 32.2. The molecule has 17 heteroatoms.